The first-order valence-corrected chi connectivity index (χ1v) is 15.0. The molecule has 1 unspecified atom stereocenters. The van der Waals surface area contributed by atoms with Gasteiger partial charge in [0, 0.05) is 47.7 Å². The number of amides is 2. The van der Waals surface area contributed by atoms with Crippen molar-refractivity contribution in [3.63, 3.8) is 0 Å². The quantitative estimate of drug-likeness (QED) is 0.344. The molecule has 1 atom stereocenters. The number of unbranched alkanes of at least 4 members (excludes halogenated alkanes) is 1. The minimum atomic E-state index is -3.64. The lowest BCUT2D eigenvalue weighted by atomic mass is 10.1. The number of nitrogens with one attached hydrogen (secondary N) is 1. The molecular formula is C26H33Cl2N3O6S. The number of ether oxygens (including phenoxy) is 2. The Morgan fingerprint density at radius 1 is 1.08 bits per heavy atom. The Labute approximate surface area is 234 Å². The number of hydrogen-bond donors (Lipinski definition) is 1. The summed E-state index contributed by atoms with van der Waals surface area (Å²) in [6.07, 6.45) is 3.08. The van der Waals surface area contributed by atoms with E-state index in [1.165, 1.54) is 9.21 Å². The first-order chi connectivity index (χ1) is 18.0. The van der Waals surface area contributed by atoms with Gasteiger partial charge in [0.05, 0.1) is 11.9 Å². The Bertz CT molecular complexity index is 1240. The number of halogens is 2. The van der Waals surface area contributed by atoms with Gasteiger partial charge in [-0.3, -0.25) is 13.9 Å². The molecule has 1 N–H and O–H groups in total. The minimum absolute atomic E-state index is 0.00518. The molecule has 9 nitrogen and oxygen atoms in total. The Balaban J connectivity index is 1.75. The Hall–Kier alpha value is -2.69. The highest BCUT2D eigenvalue weighted by Crippen LogP contribution is 2.36. The smallest absolute Gasteiger partial charge is 0.242 e. The van der Waals surface area contributed by atoms with E-state index in [0.717, 1.165) is 19.1 Å². The number of anilines is 1. The largest absolute Gasteiger partial charge is 0.454 e. The van der Waals surface area contributed by atoms with Crippen LogP contribution >= 0.6 is 23.2 Å². The summed E-state index contributed by atoms with van der Waals surface area (Å²) >= 11 is 12.7. The highest BCUT2D eigenvalue weighted by atomic mass is 35.5. The fourth-order valence-corrected chi connectivity index (χ4v) is 5.49. The van der Waals surface area contributed by atoms with E-state index in [2.05, 4.69) is 5.32 Å². The van der Waals surface area contributed by atoms with Crippen molar-refractivity contribution >= 4 is 50.7 Å². The van der Waals surface area contributed by atoms with Crippen LogP contribution in [0.15, 0.2) is 36.4 Å². The number of carbonyl (C=O) groups excluding carboxylic acids is 2. The molecule has 0 saturated carbocycles. The van der Waals surface area contributed by atoms with E-state index < -0.39 is 16.1 Å². The van der Waals surface area contributed by atoms with Crippen molar-refractivity contribution in [2.75, 3.05) is 30.4 Å². The van der Waals surface area contributed by atoms with Gasteiger partial charge in [0.25, 0.3) is 0 Å². The Morgan fingerprint density at radius 2 is 1.76 bits per heavy atom. The van der Waals surface area contributed by atoms with Crippen molar-refractivity contribution in [1.82, 2.24) is 10.2 Å². The minimum Gasteiger partial charge on any atom is -0.454 e. The number of hydrogen-bond acceptors (Lipinski definition) is 6. The van der Waals surface area contributed by atoms with E-state index in [4.69, 9.17) is 32.7 Å². The molecule has 2 aromatic rings. The van der Waals surface area contributed by atoms with Crippen LogP contribution < -0.4 is 19.1 Å². The molecule has 0 bridgehead atoms. The van der Waals surface area contributed by atoms with Crippen LogP contribution in [0.5, 0.6) is 11.5 Å². The Morgan fingerprint density at radius 3 is 2.42 bits per heavy atom. The van der Waals surface area contributed by atoms with E-state index in [0.29, 0.717) is 39.3 Å². The third-order valence-electron chi connectivity index (χ3n) is 6.18. The number of benzene rings is 2. The summed E-state index contributed by atoms with van der Waals surface area (Å²) < 4.78 is 37.0. The topological polar surface area (TPSA) is 105 Å². The average Bonchev–Trinajstić information content (AvgIpc) is 3.33. The van der Waals surface area contributed by atoms with Crippen molar-refractivity contribution in [2.24, 2.45) is 0 Å². The number of sulfonamides is 1. The maximum Gasteiger partial charge on any atom is 0.242 e. The van der Waals surface area contributed by atoms with Gasteiger partial charge in [-0.05, 0) is 44.0 Å². The molecule has 2 aromatic carbocycles. The molecule has 3 rings (SSSR count). The van der Waals surface area contributed by atoms with Gasteiger partial charge in [0.15, 0.2) is 11.5 Å². The summed E-state index contributed by atoms with van der Waals surface area (Å²) in [5.74, 6) is 0.391. The highest BCUT2D eigenvalue weighted by molar-refractivity contribution is 7.92. The molecular weight excluding hydrogens is 553 g/mol. The summed E-state index contributed by atoms with van der Waals surface area (Å²) in [6, 6.07) is 9.14. The molecule has 208 valence electrons. The second kappa shape index (κ2) is 13.4. The maximum absolute atomic E-state index is 13.4. The summed E-state index contributed by atoms with van der Waals surface area (Å²) in [5, 5.41) is 3.64. The van der Waals surface area contributed by atoms with Gasteiger partial charge in [-0.25, -0.2) is 8.42 Å². The van der Waals surface area contributed by atoms with Crippen LogP contribution in [-0.2, 0) is 26.2 Å². The van der Waals surface area contributed by atoms with Gasteiger partial charge in [-0.1, -0.05) is 42.6 Å². The zero-order chi connectivity index (χ0) is 27.9. The lowest BCUT2D eigenvalue weighted by molar-refractivity contribution is -0.140. The molecule has 0 spiro atoms. The second-order valence-corrected chi connectivity index (χ2v) is 11.7. The predicted octanol–water partition coefficient (Wildman–Crippen LogP) is 4.60. The molecule has 12 heteroatoms. The predicted molar refractivity (Wildman–Crippen MR) is 148 cm³/mol. The number of nitrogens with zero attached hydrogens (tertiary/aromatic N) is 2. The SMILES string of the molecule is CCCCNC(=O)C(C)N(Cc1c(Cl)cccc1Cl)C(=O)CCCN(c1ccc2c(c1)OCO2)S(C)(=O)=O. The zero-order valence-corrected chi connectivity index (χ0v) is 24.0. The van der Waals surface area contributed by atoms with Gasteiger partial charge < -0.3 is 19.7 Å². The number of carbonyl (C=O) groups is 2. The first-order valence-electron chi connectivity index (χ1n) is 12.4. The van der Waals surface area contributed by atoms with Gasteiger partial charge in [-0.15, -0.1) is 0 Å². The number of fused-ring (bicyclic) bond motifs is 1. The summed E-state index contributed by atoms with van der Waals surface area (Å²) in [5.41, 5.74) is 0.947. The van der Waals surface area contributed by atoms with Crippen LogP contribution in [0.2, 0.25) is 10.0 Å². The molecule has 1 aliphatic rings. The molecule has 38 heavy (non-hydrogen) atoms. The monoisotopic (exact) mass is 585 g/mol. The van der Waals surface area contributed by atoms with Crippen LogP contribution in [0.25, 0.3) is 0 Å². The van der Waals surface area contributed by atoms with Gasteiger partial charge in [0.1, 0.15) is 6.04 Å². The van der Waals surface area contributed by atoms with Crippen LogP contribution in [0.4, 0.5) is 5.69 Å². The van der Waals surface area contributed by atoms with Crippen LogP contribution in [-0.4, -0.2) is 57.3 Å². The Kier molecular flexibility index (Phi) is 10.5. The van der Waals surface area contributed by atoms with Crippen molar-refractivity contribution in [2.45, 2.75) is 52.1 Å². The molecule has 0 radical (unpaired) electrons. The van der Waals surface area contributed by atoms with Gasteiger partial charge in [-0.2, -0.15) is 0 Å². The second-order valence-electron chi connectivity index (χ2n) is 9.02. The van der Waals surface area contributed by atoms with E-state index in [-0.39, 0.29) is 44.5 Å². The van der Waals surface area contributed by atoms with Crippen molar-refractivity contribution in [1.29, 1.82) is 0 Å². The van der Waals surface area contributed by atoms with Crippen LogP contribution in [0.1, 0.15) is 45.1 Å². The fraction of sp³-hybridized carbons (Fsp3) is 0.462. The lowest BCUT2D eigenvalue weighted by Gasteiger charge is -2.30. The normalized spacial score (nSPS) is 13.2. The molecule has 1 heterocycles. The van der Waals surface area contributed by atoms with Gasteiger partial charge in [0.2, 0.25) is 28.6 Å². The van der Waals surface area contributed by atoms with Crippen molar-refractivity contribution in [3.05, 3.63) is 52.0 Å². The standard InChI is InChI=1S/C26H33Cl2N3O6S/c1-4-5-13-29-26(33)18(2)30(16-20-21(27)8-6-9-22(20)28)25(32)10-7-14-31(38(3,34)35)19-11-12-23-24(15-19)37-17-36-23/h6,8-9,11-12,15,18H,4-5,7,10,13-14,16-17H2,1-3H3,(H,29,33). The number of rotatable bonds is 13. The van der Waals surface area contributed by atoms with E-state index >= 15 is 0 Å². The zero-order valence-electron chi connectivity index (χ0n) is 21.7. The third kappa shape index (κ3) is 7.68. The van der Waals surface area contributed by atoms with Crippen LogP contribution in [0, 0.1) is 0 Å². The van der Waals surface area contributed by atoms with E-state index in [1.54, 1.807) is 43.3 Å². The van der Waals surface area contributed by atoms with E-state index in [1.807, 2.05) is 6.92 Å². The average molecular weight is 587 g/mol. The third-order valence-corrected chi connectivity index (χ3v) is 8.09. The summed E-state index contributed by atoms with van der Waals surface area (Å²) in [4.78, 5) is 27.7. The summed E-state index contributed by atoms with van der Waals surface area (Å²) in [7, 11) is -3.64. The first kappa shape index (κ1) is 29.9. The molecule has 2 amide bonds. The summed E-state index contributed by atoms with van der Waals surface area (Å²) in [6.45, 7) is 4.35. The highest BCUT2D eigenvalue weighted by Gasteiger charge is 2.28. The molecule has 0 aromatic heterocycles. The molecule has 0 aliphatic carbocycles. The van der Waals surface area contributed by atoms with Crippen LogP contribution in [0.3, 0.4) is 0 Å². The lowest BCUT2D eigenvalue weighted by Crippen LogP contribution is -2.48. The van der Waals surface area contributed by atoms with E-state index in [9.17, 15) is 18.0 Å². The van der Waals surface area contributed by atoms with Gasteiger partial charge >= 0.3 is 0 Å². The fourth-order valence-electron chi connectivity index (χ4n) is 4.02. The molecule has 0 saturated heterocycles. The van der Waals surface area contributed by atoms with Crippen molar-refractivity contribution < 1.29 is 27.5 Å². The molecule has 1 aliphatic heterocycles. The molecule has 0 fully saturated rings. The van der Waals surface area contributed by atoms with Crippen molar-refractivity contribution in [3.8, 4) is 11.5 Å². The maximum atomic E-state index is 13.4.